The Hall–Kier alpha value is -2.70. The van der Waals surface area contributed by atoms with Gasteiger partial charge in [-0.1, -0.05) is 0 Å². The van der Waals surface area contributed by atoms with E-state index in [0.29, 0.717) is 18.0 Å². The summed E-state index contributed by atoms with van der Waals surface area (Å²) in [4.78, 5) is 21.3. The zero-order chi connectivity index (χ0) is 17.7. The van der Waals surface area contributed by atoms with Crippen molar-refractivity contribution in [1.29, 1.82) is 0 Å². The number of nitrogens with zero attached hydrogens (tertiary/aromatic N) is 2. The van der Waals surface area contributed by atoms with E-state index in [4.69, 9.17) is 9.47 Å². The predicted octanol–water partition coefficient (Wildman–Crippen LogP) is 2.64. The van der Waals surface area contributed by atoms with Crippen molar-refractivity contribution in [1.82, 2.24) is 20.2 Å². The summed E-state index contributed by atoms with van der Waals surface area (Å²) in [6, 6.07) is 5.08. The first kappa shape index (κ1) is 17.7. The van der Waals surface area contributed by atoms with Crippen LogP contribution in [0.15, 0.2) is 24.4 Å². The summed E-state index contributed by atoms with van der Waals surface area (Å²) in [6.07, 6.45) is 1.74. The van der Waals surface area contributed by atoms with E-state index in [-0.39, 0.29) is 12.1 Å². The molecule has 0 saturated carbocycles. The van der Waals surface area contributed by atoms with Crippen LogP contribution in [0.3, 0.4) is 0 Å². The molecule has 2 amide bonds. The van der Waals surface area contributed by atoms with Crippen molar-refractivity contribution in [3.63, 3.8) is 0 Å². The monoisotopic (exact) mass is 332 g/mol. The second kappa shape index (κ2) is 7.72. The summed E-state index contributed by atoms with van der Waals surface area (Å²) in [5.41, 5.74) is 1.82. The zero-order valence-corrected chi connectivity index (χ0v) is 14.7. The molecule has 1 atom stereocenters. The number of ether oxygens (including phenoxy) is 2. The lowest BCUT2D eigenvalue weighted by molar-refractivity contribution is 0.202. The smallest absolute Gasteiger partial charge is 0.318 e. The topological polar surface area (TPSA) is 79.5 Å². The van der Waals surface area contributed by atoms with Gasteiger partial charge in [0, 0.05) is 24.5 Å². The number of aryl methyl sites for hydroxylation is 1. The second-order valence-corrected chi connectivity index (χ2v) is 5.65. The number of methoxy groups -OCH3 is 2. The van der Waals surface area contributed by atoms with Crippen LogP contribution in [0.1, 0.15) is 30.0 Å². The highest BCUT2D eigenvalue weighted by atomic mass is 16.5. The highest BCUT2D eigenvalue weighted by Gasteiger charge is 2.18. The highest BCUT2D eigenvalue weighted by molar-refractivity contribution is 5.74. The summed E-state index contributed by atoms with van der Waals surface area (Å²) in [5.74, 6) is 2.16. The van der Waals surface area contributed by atoms with Gasteiger partial charge in [-0.25, -0.2) is 9.78 Å². The van der Waals surface area contributed by atoms with Gasteiger partial charge < -0.3 is 24.7 Å². The lowest BCUT2D eigenvalue weighted by Gasteiger charge is -2.22. The van der Waals surface area contributed by atoms with Crippen molar-refractivity contribution in [2.45, 2.75) is 26.4 Å². The van der Waals surface area contributed by atoms with Gasteiger partial charge >= 0.3 is 6.03 Å². The first-order valence-corrected chi connectivity index (χ1v) is 7.68. The molecule has 7 heteroatoms. The van der Waals surface area contributed by atoms with Crippen molar-refractivity contribution >= 4 is 6.03 Å². The normalized spacial score (nSPS) is 11.7. The first-order chi connectivity index (χ1) is 11.4. The Morgan fingerprint density at radius 2 is 2.12 bits per heavy atom. The molecule has 130 valence electrons. The Bertz CT molecular complexity index is 699. The molecule has 0 bridgehead atoms. The average molecular weight is 332 g/mol. The fraction of sp³-hybridized carbons (Fsp3) is 0.412. The highest BCUT2D eigenvalue weighted by Crippen LogP contribution is 2.29. The van der Waals surface area contributed by atoms with E-state index < -0.39 is 0 Å². The molecular formula is C17H24N4O3. The number of amides is 2. The van der Waals surface area contributed by atoms with Crippen LogP contribution in [0.4, 0.5) is 4.79 Å². The van der Waals surface area contributed by atoms with E-state index in [9.17, 15) is 4.79 Å². The molecule has 0 aliphatic carbocycles. The van der Waals surface area contributed by atoms with Crippen LogP contribution < -0.4 is 14.8 Å². The number of urea groups is 1. The minimum atomic E-state index is -0.233. The van der Waals surface area contributed by atoms with Crippen molar-refractivity contribution in [2.75, 3.05) is 21.3 Å². The average Bonchev–Trinajstić information content (AvgIpc) is 2.98. The fourth-order valence-corrected chi connectivity index (χ4v) is 2.39. The van der Waals surface area contributed by atoms with Crippen molar-refractivity contribution in [3.05, 3.63) is 41.5 Å². The number of imidazole rings is 1. The molecule has 1 heterocycles. The van der Waals surface area contributed by atoms with Crippen LogP contribution in [-0.2, 0) is 6.54 Å². The number of carbonyl (C=O) groups excluding carboxylic acids is 1. The maximum atomic E-state index is 12.4. The van der Waals surface area contributed by atoms with E-state index in [1.165, 1.54) is 0 Å². The molecule has 1 aromatic heterocycles. The van der Waals surface area contributed by atoms with Gasteiger partial charge in [-0.2, -0.15) is 0 Å². The number of benzene rings is 1. The number of aromatic amines is 1. The molecule has 1 unspecified atom stereocenters. The molecule has 0 radical (unpaired) electrons. The van der Waals surface area contributed by atoms with Crippen LogP contribution in [0, 0.1) is 6.92 Å². The molecule has 7 nitrogen and oxygen atoms in total. The van der Waals surface area contributed by atoms with Crippen molar-refractivity contribution in [2.24, 2.45) is 0 Å². The van der Waals surface area contributed by atoms with Gasteiger partial charge in [-0.3, -0.25) is 0 Å². The van der Waals surface area contributed by atoms with E-state index in [0.717, 1.165) is 17.1 Å². The van der Waals surface area contributed by atoms with Crippen LogP contribution >= 0.6 is 0 Å². The number of hydrogen-bond acceptors (Lipinski definition) is 4. The second-order valence-electron chi connectivity index (χ2n) is 5.65. The number of hydrogen-bond donors (Lipinski definition) is 2. The van der Waals surface area contributed by atoms with E-state index in [1.807, 2.05) is 32.0 Å². The maximum Gasteiger partial charge on any atom is 0.318 e. The van der Waals surface area contributed by atoms with Crippen molar-refractivity contribution in [3.8, 4) is 11.5 Å². The molecule has 2 N–H and O–H groups in total. The summed E-state index contributed by atoms with van der Waals surface area (Å²) >= 11 is 0. The zero-order valence-electron chi connectivity index (χ0n) is 14.7. The standard InChI is InChI=1S/C17H24N4O3/c1-11-9-18-16(19-11)10-21(3)17(22)20-12(2)14-8-13(23-4)6-7-15(14)24-5/h6-9,12H,10H2,1-5H3,(H,18,19)(H,20,22). The Morgan fingerprint density at radius 3 is 2.71 bits per heavy atom. The number of aromatic nitrogens is 2. The first-order valence-electron chi connectivity index (χ1n) is 7.68. The summed E-state index contributed by atoms with van der Waals surface area (Å²) in [6.45, 7) is 4.23. The quantitative estimate of drug-likeness (QED) is 0.852. The number of nitrogens with one attached hydrogen (secondary N) is 2. The van der Waals surface area contributed by atoms with Crippen LogP contribution in [0.2, 0.25) is 0 Å². The van der Waals surface area contributed by atoms with Gasteiger partial charge in [0.1, 0.15) is 17.3 Å². The summed E-state index contributed by atoms with van der Waals surface area (Å²) < 4.78 is 10.6. The molecule has 2 rings (SSSR count). The lowest BCUT2D eigenvalue weighted by atomic mass is 10.1. The summed E-state index contributed by atoms with van der Waals surface area (Å²) in [7, 11) is 4.93. The minimum Gasteiger partial charge on any atom is -0.497 e. The largest absolute Gasteiger partial charge is 0.497 e. The molecule has 1 aromatic carbocycles. The van der Waals surface area contributed by atoms with Gasteiger partial charge in [0.25, 0.3) is 0 Å². The Kier molecular flexibility index (Phi) is 5.68. The van der Waals surface area contributed by atoms with E-state index >= 15 is 0 Å². The van der Waals surface area contributed by atoms with Gasteiger partial charge in [-0.15, -0.1) is 0 Å². The van der Waals surface area contributed by atoms with Gasteiger partial charge in [-0.05, 0) is 32.0 Å². The van der Waals surface area contributed by atoms with E-state index in [1.54, 1.807) is 32.4 Å². The Balaban J connectivity index is 2.05. The molecule has 0 aliphatic heterocycles. The number of rotatable bonds is 6. The van der Waals surface area contributed by atoms with Crippen LogP contribution in [0.25, 0.3) is 0 Å². The van der Waals surface area contributed by atoms with Gasteiger partial charge in [0.2, 0.25) is 0 Å². The van der Waals surface area contributed by atoms with Crippen molar-refractivity contribution < 1.29 is 14.3 Å². The SMILES string of the molecule is COc1ccc(OC)c(C(C)NC(=O)N(C)Cc2ncc(C)[nH]2)c1. The molecule has 24 heavy (non-hydrogen) atoms. The molecule has 0 fully saturated rings. The van der Waals surface area contributed by atoms with E-state index in [2.05, 4.69) is 15.3 Å². The third kappa shape index (κ3) is 4.18. The van der Waals surface area contributed by atoms with Crippen LogP contribution in [0.5, 0.6) is 11.5 Å². The lowest BCUT2D eigenvalue weighted by Crippen LogP contribution is -2.38. The van der Waals surface area contributed by atoms with Gasteiger partial charge in [0.05, 0.1) is 26.8 Å². The Morgan fingerprint density at radius 1 is 1.38 bits per heavy atom. The molecule has 0 saturated heterocycles. The maximum absolute atomic E-state index is 12.4. The third-order valence-corrected chi connectivity index (χ3v) is 3.73. The molecular weight excluding hydrogens is 308 g/mol. The number of carbonyl (C=O) groups is 1. The predicted molar refractivity (Wildman–Crippen MR) is 91.3 cm³/mol. The molecule has 2 aromatic rings. The Labute approximate surface area is 142 Å². The minimum absolute atomic E-state index is 0.193. The molecule has 0 aliphatic rings. The molecule has 0 spiro atoms. The number of H-pyrrole nitrogens is 1. The van der Waals surface area contributed by atoms with Gasteiger partial charge in [0.15, 0.2) is 0 Å². The third-order valence-electron chi connectivity index (χ3n) is 3.73. The summed E-state index contributed by atoms with van der Waals surface area (Å²) in [5, 5.41) is 2.96. The fourth-order valence-electron chi connectivity index (χ4n) is 2.39. The van der Waals surface area contributed by atoms with Crippen LogP contribution in [-0.4, -0.2) is 42.2 Å².